The topological polar surface area (TPSA) is 80.0 Å². The number of nitrogens with one attached hydrogen (secondary N) is 1. The highest BCUT2D eigenvalue weighted by molar-refractivity contribution is 6.31. The summed E-state index contributed by atoms with van der Waals surface area (Å²) in [6.45, 7) is 1.65. The number of aromatic nitrogens is 3. The van der Waals surface area contributed by atoms with Crippen molar-refractivity contribution in [1.29, 1.82) is 0 Å². The van der Waals surface area contributed by atoms with E-state index in [1.165, 1.54) is 12.7 Å². The van der Waals surface area contributed by atoms with E-state index >= 15 is 0 Å². The molecule has 0 spiro atoms. The first kappa shape index (κ1) is 14.5. The Morgan fingerprint density at radius 3 is 3.00 bits per heavy atom. The first-order valence-electron chi connectivity index (χ1n) is 6.18. The SMILES string of the molecule is CC(O)CCC(=O)Nc1cc(Cl)ccc1-n1cncn1. The zero-order valence-corrected chi connectivity index (χ0v) is 11.7. The standard InChI is InChI=1S/C13H15ClN4O2/c1-9(19)2-5-13(20)17-11-6-10(14)3-4-12(11)18-8-15-7-16-18/h3-4,6-9,19H,2,5H2,1H3,(H,17,20). The van der Waals surface area contributed by atoms with Crippen LogP contribution >= 0.6 is 11.6 Å². The lowest BCUT2D eigenvalue weighted by Gasteiger charge is -2.11. The molecule has 0 aliphatic carbocycles. The van der Waals surface area contributed by atoms with Crippen LogP contribution in [0.25, 0.3) is 5.69 Å². The Morgan fingerprint density at radius 2 is 2.35 bits per heavy atom. The van der Waals surface area contributed by atoms with Gasteiger partial charge in [-0.25, -0.2) is 9.67 Å². The van der Waals surface area contributed by atoms with Crippen molar-refractivity contribution in [3.63, 3.8) is 0 Å². The largest absolute Gasteiger partial charge is 0.393 e. The Bertz CT molecular complexity index is 584. The number of hydrogen-bond donors (Lipinski definition) is 2. The smallest absolute Gasteiger partial charge is 0.224 e. The molecule has 0 radical (unpaired) electrons. The van der Waals surface area contributed by atoms with Crippen molar-refractivity contribution in [3.05, 3.63) is 35.9 Å². The second-order valence-corrected chi connectivity index (χ2v) is 4.87. The van der Waals surface area contributed by atoms with Gasteiger partial charge < -0.3 is 10.4 Å². The lowest BCUT2D eigenvalue weighted by atomic mass is 10.2. The van der Waals surface area contributed by atoms with E-state index in [-0.39, 0.29) is 12.3 Å². The number of anilines is 1. The van der Waals surface area contributed by atoms with Crippen LogP contribution in [0.2, 0.25) is 5.02 Å². The molecular formula is C13H15ClN4O2. The summed E-state index contributed by atoms with van der Waals surface area (Å²) in [5.41, 5.74) is 1.23. The summed E-state index contributed by atoms with van der Waals surface area (Å²) >= 11 is 5.95. The van der Waals surface area contributed by atoms with Crippen molar-refractivity contribution in [3.8, 4) is 5.69 Å². The van der Waals surface area contributed by atoms with Gasteiger partial charge in [-0.05, 0) is 31.5 Å². The third-order valence-electron chi connectivity index (χ3n) is 2.69. The number of carbonyl (C=O) groups excluding carboxylic acids is 1. The average molecular weight is 295 g/mol. The average Bonchev–Trinajstić information content (AvgIpc) is 2.90. The van der Waals surface area contributed by atoms with Gasteiger partial charge in [0.25, 0.3) is 0 Å². The van der Waals surface area contributed by atoms with E-state index < -0.39 is 6.10 Å². The van der Waals surface area contributed by atoms with Gasteiger partial charge in [-0.2, -0.15) is 5.10 Å². The highest BCUT2D eigenvalue weighted by atomic mass is 35.5. The highest BCUT2D eigenvalue weighted by Crippen LogP contribution is 2.24. The van der Waals surface area contributed by atoms with Crippen molar-refractivity contribution in [1.82, 2.24) is 14.8 Å². The van der Waals surface area contributed by atoms with E-state index in [9.17, 15) is 9.90 Å². The molecule has 1 heterocycles. The third kappa shape index (κ3) is 3.79. The van der Waals surface area contributed by atoms with E-state index in [4.69, 9.17) is 11.6 Å². The Balaban J connectivity index is 2.18. The van der Waals surface area contributed by atoms with Crippen molar-refractivity contribution in [2.45, 2.75) is 25.9 Å². The van der Waals surface area contributed by atoms with E-state index in [1.54, 1.807) is 29.8 Å². The monoisotopic (exact) mass is 294 g/mol. The molecule has 1 amide bonds. The zero-order chi connectivity index (χ0) is 14.5. The van der Waals surface area contributed by atoms with Crippen LogP contribution in [0.5, 0.6) is 0 Å². The maximum atomic E-state index is 11.8. The molecule has 1 aromatic heterocycles. The molecule has 1 unspecified atom stereocenters. The van der Waals surface area contributed by atoms with Crippen molar-refractivity contribution in [2.75, 3.05) is 5.32 Å². The molecule has 1 atom stereocenters. The molecule has 0 saturated heterocycles. The number of hydrogen-bond acceptors (Lipinski definition) is 4. The molecule has 0 aliphatic rings. The predicted molar refractivity (Wildman–Crippen MR) is 75.9 cm³/mol. The van der Waals surface area contributed by atoms with Gasteiger partial charge >= 0.3 is 0 Å². The summed E-state index contributed by atoms with van der Waals surface area (Å²) in [5.74, 6) is -0.186. The second kappa shape index (κ2) is 6.49. The molecule has 0 aliphatic heterocycles. The highest BCUT2D eigenvalue weighted by Gasteiger charge is 2.10. The van der Waals surface area contributed by atoms with Gasteiger partial charge in [0, 0.05) is 11.4 Å². The number of aliphatic hydroxyl groups is 1. The van der Waals surface area contributed by atoms with E-state index in [0.29, 0.717) is 22.8 Å². The number of nitrogens with zero attached hydrogens (tertiary/aromatic N) is 3. The molecule has 106 valence electrons. The van der Waals surface area contributed by atoms with Crippen molar-refractivity contribution in [2.24, 2.45) is 0 Å². The van der Waals surface area contributed by atoms with Crippen LogP contribution in [0, 0.1) is 0 Å². The van der Waals surface area contributed by atoms with Crippen LogP contribution in [0.4, 0.5) is 5.69 Å². The first-order valence-corrected chi connectivity index (χ1v) is 6.56. The van der Waals surface area contributed by atoms with Gasteiger partial charge in [-0.15, -0.1) is 0 Å². The van der Waals surface area contributed by atoms with Gasteiger partial charge in [-0.3, -0.25) is 4.79 Å². The van der Waals surface area contributed by atoms with Gasteiger partial charge in [0.05, 0.1) is 17.5 Å². The lowest BCUT2D eigenvalue weighted by molar-refractivity contribution is -0.116. The Kier molecular flexibility index (Phi) is 4.70. The number of benzene rings is 1. The van der Waals surface area contributed by atoms with E-state index in [2.05, 4.69) is 15.4 Å². The van der Waals surface area contributed by atoms with Gasteiger partial charge in [0.15, 0.2) is 0 Å². The molecular weight excluding hydrogens is 280 g/mol. The minimum atomic E-state index is -0.505. The lowest BCUT2D eigenvalue weighted by Crippen LogP contribution is -2.15. The molecule has 2 N–H and O–H groups in total. The summed E-state index contributed by atoms with van der Waals surface area (Å²) in [5, 5.41) is 16.5. The fraction of sp³-hybridized carbons (Fsp3) is 0.308. The zero-order valence-electron chi connectivity index (χ0n) is 11.0. The van der Waals surface area contributed by atoms with Crippen LogP contribution in [-0.2, 0) is 4.79 Å². The second-order valence-electron chi connectivity index (χ2n) is 4.44. The fourth-order valence-electron chi connectivity index (χ4n) is 1.69. The van der Waals surface area contributed by atoms with E-state index in [0.717, 1.165) is 0 Å². The molecule has 7 heteroatoms. The van der Waals surface area contributed by atoms with Gasteiger partial charge in [-0.1, -0.05) is 11.6 Å². The minimum absolute atomic E-state index is 0.186. The Morgan fingerprint density at radius 1 is 1.55 bits per heavy atom. The molecule has 0 fully saturated rings. The minimum Gasteiger partial charge on any atom is -0.393 e. The van der Waals surface area contributed by atoms with Crippen LogP contribution in [0.1, 0.15) is 19.8 Å². The number of carbonyl (C=O) groups is 1. The maximum Gasteiger partial charge on any atom is 0.224 e. The number of amides is 1. The molecule has 6 nitrogen and oxygen atoms in total. The molecule has 2 rings (SSSR count). The predicted octanol–water partition coefficient (Wildman–Crippen LogP) is 2.02. The summed E-state index contributed by atoms with van der Waals surface area (Å²) in [6, 6.07) is 5.12. The summed E-state index contributed by atoms with van der Waals surface area (Å²) < 4.78 is 1.54. The first-order chi connectivity index (χ1) is 9.56. The molecule has 2 aromatic rings. The molecule has 20 heavy (non-hydrogen) atoms. The third-order valence-corrected chi connectivity index (χ3v) is 2.92. The van der Waals surface area contributed by atoms with E-state index in [1.807, 2.05) is 0 Å². The Labute approximate surface area is 121 Å². The van der Waals surface area contributed by atoms with Gasteiger partial charge in [0.2, 0.25) is 5.91 Å². The molecule has 1 aromatic carbocycles. The Hall–Kier alpha value is -1.92. The number of aliphatic hydroxyl groups excluding tert-OH is 1. The van der Waals surface area contributed by atoms with Crippen LogP contribution in [0.3, 0.4) is 0 Å². The van der Waals surface area contributed by atoms with Crippen LogP contribution in [-0.4, -0.2) is 31.9 Å². The van der Waals surface area contributed by atoms with Crippen LogP contribution < -0.4 is 5.32 Å². The summed E-state index contributed by atoms with van der Waals surface area (Å²) in [6.07, 6.45) is 3.09. The van der Waals surface area contributed by atoms with Gasteiger partial charge in [0.1, 0.15) is 12.7 Å². The summed E-state index contributed by atoms with van der Waals surface area (Å²) in [4.78, 5) is 15.7. The maximum absolute atomic E-state index is 11.8. The normalized spacial score (nSPS) is 12.2. The van der Waals surface area contributed by atoms with Crippen LogP contribution in [0.15, 0.2) is 30.9 Å². The quantitative estimate of drug-likeness (QED) is 0.884. The molecule has 0 bridgehead atoms. The van der Waals surface area contributed by atoms with Crippen molar-refractivity contribution < 1.29 is 9.90 Å². The summed E-state index contributed by atoms with van der Waals surface area (Å²) in [7, 11) is 0. The van der Waals surface area contributed by atoms with Crippen molar-refractivity contribution >= 4 is 23.2 Å². The molecule has 0 saturated carbocycles. The number of halogens is 1. The number of rotatable bonds is 5. The fourth-order valence-corrected chi connectivity index (χ4v) is 1.87.